The van der Waals surface area contributed by atoms with Crippen molar-refractivity contribution in [2.45, 2.75) is 39.0 Å². The fourth-order valence-corrected chi connectivity index (χ4v) is 4.28. The molecule has 0 radical (unpaired) electrons. The van der Waals surface area contributed by atoms with Gasteiger partial charge in [0.05, 0.1) is 6.61 Å². The van der Waals surface area contributed by atoms with Gasteiger partial charge in [-0.1, -0.05) is 30.3 Å². The summed E-state index contributed by atoms with van der Waals surface area (Å²) in [6.07, 6.45) is 2.01. The number of rotatable bonds is 12. The fourth-order valence-electron chi connectivity index (χ4n) is 3.81. The number of thioether (sulfide) groups is 1. The molecule has 3 aromatic rings. The average molecular weight is 511 g/mol. The zero-order valence-corrected chi connectivity index (χ0v) is 22.2. The lowest BCUT2D eigenvalue weighted by Gasteiger charge is -2.18. The van der Waals surface area contributed by atoms with E-state index in [0.717, 1.165) is 33.9 Å². The summed E-state index contributed by atoms with van der Waals surface area (Å²) >= 11 is 1.55. The normalized spacial score (nSPS) is 12.7. The van der Waals surface area contributed by atoms with Gasteiger partial charge < -0.3 is 24.5 Å². The Balaban J connectivity index is 1.86. The van der Waals surface area contributed by atoms with Gasteiger partial charge in [0.15, 0.2) is 5.88 Å². The number of hydrogen-bond donors (Lipinski definition) is 2. The van der Waals surface area contributed by atoms with Gasteiger partial charge in [-0.25, -0.2) is 4.79 Å². The molecule has 1 amide bonds. The Morgan fingerprint density at radius 3 is 2.50 bits per heavy atom. The number of benzene rings is 2. The van der Waals surface area contributed by atoms with Gasteiger partial charge in [0.2, 0.25) is 0 Å². The molecule has 0 spiro atoms. The summed E-state index contributed by atoms with van der Waals surface area (Å²) in [5, 5.41) is 12.3. The van der Waals surface area contributed by atoms with Gasteiger partial charge in [0.1, 0.15) is 17.9 Å². The van der Waals surface area contributed by atoms with Crippen molar-refractivity contribution in [2.24, 2.45) is 0 Å². The summed E-state index contributed by atoms with van der Waals surface area (Å²) in [6, 6.07) is 16.2. The summed E-state index contributed by atoms with van der Waals surface area (Å²) in [4.78, 5) is 26.8. The third-order valence-corrected chi connectivity index (χ3v) is 6.58. The lowest BCUT2D eigenvalue weighted by Crippen LogP contribution is -2.41. The van der Waals surface area contributed by atoms with E-state index in [-0.39, 0.29) is 6.10 Å². The van der Waals surface area contributed by atoms with E-state index in [4.69, 9.17) is 9.15 Å². The number of carbonyl (C=O) groups is 2. The lowest BCUT2D eigenvalue weighted by atomic mass is 9.93. The predicted molar refractivity (Wildman–Crippen MR) is 145 cm³/mol. The van der Waals surface area contributed by atoms with Crippen molar-refractivity contribution in [2.75, 3.05) is 31.0 Å². The van der Waals surface area contributed by atoms with Crippen LogP contribution in [0.3, 0.4) is 0 Å². The van der Waals surface area contributed by atoms with Gasteiger partial charge in [-0.15, -0.1) is 0 Å². The second-order valence-corrected chi connectivity index (χ2v) is 9.85. The maximum absolute atomic E-state index is 13.2. The number of aliphatic carboxylic acids is 1. The molecule has 0 aliphatic rings. The van der Waals surface area contributed by atoms with Crippen LogP contribution >= 0.6 is 11.8 Å². The molecule has 1 aromatic heterocycles. The predicted octanol–water partition coefficient (Wildman–Crippen LogP) is 5.53. The number of carboxylic acid groups (broad SMARTS) is 1. The zero-order valence-electron chi connectivity index (χ0n) is 21.4. The number of aryl methyl sites for hydroxylation is 1. The molecule has 0 bridgehead atoms. The minimum atomic E-state index is -1.04. The number of ether oxygens (including phenoxy) is 1. The number of carboxylic acids is 1. The van der Waals surface area contributed by atoms with Gasteiger partial charge >= 0.3 is 5.97 Å². The highest BCUT2D eigenvalue weighted by atomic mass is 32.2. The summed E-state index contributed by atoms with van der Waals surface area (Å²) in [6.45, 7) is 4.24. The molecule has 2 aromatic carbocycles. The third-order valence-electron chi connectivity index (χ3n) is 5.93. The summed E-state index contributed by atoms with van der Waals surface area (Å²) in [5.41, 5.74) is 3.99. The van der Waals surface area contributed by atoms with E-state index in [1.54, 1.807) is 17.8 Å². The Morgan fingerprint density at radius 2 is 1.86 bits per heavy atom. The molecule has 3 rings (SSSR count). The first-order valence-electron chi connectivity index (χ1n) is 11.8. The van der Waals surface area contributed by atoms with Crippen LogP contribution in [-0.2, 0) is 16.1 Å². The number of anilines is 1. The van der Waals surface area contributed by atoms with Crippen LogP contribution in [0.2, 0.25) is 0 Å². The van der Waals surface area contributed by atoms with Crippen molar-refractivity contribution in [1.29, 1.82) is 0 Å². The first-order chi connectivity index (χ1) is 17.2. The highest BCUT2D eigenvalue weighted by Gasteiger charge is 2.23. The van der Waals surface area contributed by atoms with Gasteiger partial charge in [0, 0.05) is 25.7 Å². The van der Waals surface area contributed by atoms with Crippen molar-refractivity contribution in [3.8, 4) is 11.1 Å². The maximum Gasteiger partial charge on any atom is 0.326 e. The molecule has 0 aliphatic carbocycles. The van der Waals surface area contributed by atoms with Gasteiger partial charge in [-0.2, -0.15) is 11.8 Å². The van der Waals surface area contributed by atoms with Gasteiger partial charge in [-0.3, -0.25) is 4.79 Å². The standard InChI is InChI=1S/C28H34N2O5S/c1-18-8-6-7-9-21(18)23-16-20(17-34-19(2)25-12-13-26(35-25)30(3)4)10-11-22(23)27(31)29-24(28(32)33)14-15-36-5/h6-13,16,19,24H,14-15,17H2,1-5H3,(H,29,31)(H,32,33)/t19?,24-/m0/s1. The monoisotopic (exact) mass is 510 g/mol. The Labute approximate surface area is 216 Å². The molecule has 0 saturated heterocycles. The molecule has 0 aliphatic heterocycles. The van der Waals surface area contributed by atoms with E-state index in [9.17, 15) is 14.7 Å². The minimum Gasteiger partial charge on any atom is -0.480 e. The maximum atomic E-state index is 13.2. The number of nitrogens with zero attached hydrogens (tertiary/aromatic N) is 1. The van der Waals surface area contributed by atoms with Crippen LogP contribution in [0.25, 0.3) is 11.1 Å². The average Bonchev–Trinajstić information content (AvgIpc) is 3.36. The van der Waals surface area contributed by atoms with Gasteiger partial charge in [0.25, 0.3) is 5.91 Å². The van der Waals surface area contributed by atoms with E-state index in [1.807, 2.05) is 87.6 Å². The summed E-state index contributed by atoms with van der Waals surface area (Å²) < 4.78 is 11.9. The smallest absolute Gasteiger partial charge is 0.326 e. The third kappa shape index (κ3) is 6.92. The molecular formula is C28H34N2O5S. The second kappa shape index (κ2) is 12.6. The van der Waals surface area contributed by atoms with Crippen LogP contribution < -0.4 is 10.2 Å². The Morgan fingerprint density at radius 1 is 1.11 bits per heavy atom. The molecule has 0 fully saturated rings. The number of carbonyl (C=O) groups excluding carboxylic acids is 1. The number of amides is 1. The Hall–Kier alpha value is -3.23. The van der Waals surface area contributed by atoms with Crippen molar-refractivity contribution < 1.29 is 23.8 Å². The highest BCUT2D eigenvalue weighted by Crippen LogP contribution is 2.30. The zero-order chi connectivity index (χ0) is 26.2. The molecule has 36 heavy (non-hydrogen) atoms. The molecule has 1 unspecified atom stereocenters. The van der Waals surface area contributed by atoms with Crippen molar-refractivity contribution in [3.05, 3.63) is 77.0 Å². The second-order valence-electron chi connectivity index (χ2n) is 8.86. The van der Waals surface area contributed by atoms with Crippen LogP contribution in [0.5, 0.6) is 0 Å². The van der Waals surface area contributed by atoms with Crippen molar-refractivity contribution in [3.63, 3.8) is 0 Å². The quantitative estimate of drug-likeness (QED) is 0.331. The minimum absolute atomic E-state index is 0.253. The topological polar surface area (TPSA) is 92.0 Å². The van der Waals surface area contributed by atoms with E-state index >= 15 is 0 Å². The highest BCUT2D eigenvalue weighted by molar-refractivity contribution is 7.98. The molecule has 192 valence electrons. The first kappa shape index (κ1) is 27.4. The Kier molecular flexibility index (Phi) is 9.61. The Bertz CT molecular complexity index is 1190. The number of nitrogens with one attached hydrogen (secondary N) is 1. The molecule has 1 heterocycles. The molecule has 0 saturated carbocycles. The first-order valence-corrected chi connectivity index (χ1v) is 13.2. The van der Waals surface area contributed by atoms with Crippen LogP contribution in [-0.4, -0.2) is 49.1 Å². The van der Waals surface area contributed by atoms with Crippen LogP contribution in [0.15, 0.2) is 59.0 Å². The summed E-state index contributed by atoms with van der Waals surface area (Å²) in [5.74, 6) is 0.689. The van der Waals surface area contributed by atoms with Crippen LogP contribution in [0.4, 0.5) is 5.88 Å². The molecule has 7 nitrogen and oxygen atoms in total. The van der Waals surface area contributed by atoms with Crippen molar-refractivity contribution >= 4 is 29.5 Å². The molecular weight excluding hydrogens is 476 g/mol. The van der Waals surface area contributed by atoms with Crippen LogP contribution in [0.1, 0.15) is 46.7 Å². The molecule has 8 heteroatoms. The number of hydrogen-bond acceptors (Lipinski definition) is 6. The molecule has 2 N–H and O–H groups in total. The van der Waals surface area contributed by atoms with Crippen molar-refractivity contribution in [1.82, 2.24) is 5.32 Å². The fraction of sp³-hybridized carbons (Fsp3) is 0.357. The van der Waals surface area contributed by atoms with Gasteiger partial charge in [-0.05, 0) is 72.7 Å². The lowest BCUT2D eigenvalue weighted by molar-refractivity contribution is -0.139. The van der Waals surface area contributed by atoms with E-state index in [2.05, 4.69) is 5.32 Å². The van der Waals surface area contributed by atoms with Crippen LogP contribution in [0, 0.1) is 6.92 Å². The van der Waals surface area contributed by atoms with E-state index in [1.165, 1.54) is 0 Å². The van der Waals surface area contributed by atoms with E-state index < -0.39 is 17.9 Å². The number of furan rings is 1. The SMILES string of the molecule is CSCC[C@H](NC(=O)c1ccc(COC(C)c2ccc(N(C)C)o2)cc1-c1ccccc1C)C(=O)O. The summed E-state index contributed by atoms with van der Waals surface area (Å²) in [7, 11) is 3.83. The van der Waals surface area contributed by atoms with E-state index in [0.29, 0.717) is 24.3 Å². The molecule has 2 atom stereocenters. The largest absolute Gasteiger partial charge is 0.480 e.